The van der Waals surface area contributed by atoms with Crippen molar-refractivity contribution < 1.29 is 18.0 Å². The Morgan fingerprint density at radius 3 is 2.26 bits per heavy atom. The Labute approximate surface area is 234 Å². The molecule has 0 heterocycles. The molecule has 3 aromatic carbocycles. The first-order chi connectivity index (χ1) is 18.0. The summed E-state index contributed by atoms with van der Waals surface area (Å²) < 4.78 is 28.5. The summed E-state index contributed by atoms with van der Waals surface area (Å²) >= 11 is 12.2. The molecular formula is C28H31Cl2N3O4S. The van der Waals surface area contributed by atoms with Crippen LogP contribution in [0.2, 0.25) is 10.0 Å². The normalized spacial score (nSPS) is 12.0. The molecule has 1 atom stereocenters. The van der Waals surface area contributed by atoms with Crippen LogP contribution in [0.1, 0.15) is 31.4 Å². The minimum atomic E-state index is -4.19. The van der Waals surface area contributed by atoms with Crippen LogP contribution in [-0.2, 0) is 26.2 Å². The zero-order valence-electron chi connectivity index (χ0n) is 21.5. The quantitative estimate of drug-likeness (QED) is 0.330. The smallest absolute Gasteiger partial charge is 0.264 e. The van der Waals surface area contributed by atoms with Gasteiger partial charge in [0.15, 0.2) is 0 Å². The van der Waals surface area contributed by atoms with E-state index in [4.69, 9.17) is 23.2 Å². The SMILES string of the molecule is CCCNC(=O)C(C)N(Cc1ccccc1C)C(=O)CN(c1cccc(Cl)c1)S(=O)(=O)c1ccc(Cl)cc1. The molecule has 0 saturated carbocycles. The van der Waals surface area contributed by atoms with Crippen molar-refractivity contribution in [1.82, 2.24) is 10.2 Å². The van der Waals surface area contributed by atoms with E-state index in [1.54, 1.807) is 25.1 Å². The van der Waals surface area contributed by atoms with Gasteiger partial charge in [0.25, 0.3) is 10.0 Å². The van der Waals surface area contributed by atoms with E-state index in [0.29, 0.717) is 16.6 Å². The Bertz CT molecular complexity index is 1380. The van der Waals surface area contributed by atoms with E-state index >= 15 is 0 Å². The second-order valence-electron chi connectivity index (χ2n) is 8.86. The number of hydrogen-bond donors (Lipinski definition) is 1. The fraction of sp³-hybridized carbons (Fsp3) is 0.286. The van der Waals surface area contributed by atoms with Gasteiger partial charge in [0, 0.05) is 23.1 Å². The maximum atomic E-state index is 13.9. The molecule has 0 aromatic heterocycles. The average Bonchev–Trinajstić information content (AvgIpc) is 2.89. The van der Waals surface area contributed by atoms with E-state index in [2.05, 4.69) is 5.32 Å². The number of anilines is 1. The van der Waals surface area contributed by atoms with E-state index in [0.717, 1.165) is 21.9 Å². The van der Waals surface area contributed by atoms with Crippen molar-refractivity contribution in [2.75, 3.05) is 17.4 Å². The summed E-state index contributed by atoms with van der Waals surface area (Å²) in [5, 5.41) is 3.52. The van der Waals surface area contributed by atoms with Gasteiger partial charge >= 0.3 is 0 Å². The summed E-state index contributed by atoms with van der Waals surface area (Å²) in [5.41, 5.74) is 2.03. The summed E-state index contributed by atoms with van der Waals surface area (Å²) in [6.45, 7) is 5.56. The van der Waals surface area contributed by atoms with Crippen molar-refractivity contribution in [3.05, 3.63) is 94.0 Å². The van der Waals surface area contributed by atoms with Gasteiger partial charge in [-0.15, -0.1) is 0 Å². The lowest BCUT2D eigenvalue weighted by molar-refractivity contribution is -0.139. The van der Waals surface area contributed by atoms with E-state index in [1.807, 2.05) is 38.1 Å². The van der Waals surface area contributed by atoms with Crippen LogP contribution in [0.3, 0.4) is 0 Å². The Hall–Kier alpha value is -3.07. The van der Waals surface area contributed by atoms with Crippen LogP contribution in [0, 0.1) is 6.92 Å². The predicted octanol–water partition coefficient (Wildman–Crippen LogP) is 5.44. The van der Waals surface area contributed by atoms with Crippen molar-refractivity contribution in [2.24, 2.45) is 0 Å². The van der Waals surface area contributed by atoms with Gasteiger partial charge in [0.1, 0.15) is 12.6 Å². The molecule has 2 amide bonds. The lowest BCUT2D eigenvalue weighted by Crippen LogP contribution is -2.51. The molecule has 0 aliphatic rings. The van der Waals surface area contributed by atoms with Crippen LogP contribution in [0.25, 0.3) is 0 Å². The van der Waals surface area contributed by atoms with Crippen LogP contribution in [0.15, 0.2) is 77.7 Å². The molecule has 0 aliphatic heterocycles. The van der Waals surface area contributed by atoms with Gasteiger partial charge < -0.3 is 10.2 Å². The fourth-order valence-corrected chi connectivity index (χ4v) is 5.56. The van der Waals surface area contributed by atoms with Crippen LogP contribution in [0.5, 0.6) is 0 Å². The number of rotatable bonds is 11. The number of nitrogens with zero attached hydrogens (tertiary/aromatic N) is 2. The van der Waals surface area contributed by atoms with Gasteiger partial charge in [0.2, 0.25) is 11.8 Å². The van der Waals surface area contributed by atoms with E-state index in [9.17, 15) is 18.0 Å². The maximum absolute atomic E-state index is 13.9. The van der Waals surface area contributed by atoms with Crippen LogP contribution < -0.4 is 9.62 Å². The molecule has 10 heteroatoms. The third-order valence-electron chi connectivity index (χ3n) is 6.10. The Morgan fingerprint density at radius 2 is 1.63 bits per heavy atom. The summed E-state index contributed by atoms with van der Waals surface area (Å²) in [6, 6.07) is 18.7. The van der Waals surface area contributed by atoms with Crippen LogP contribution in [-0.4, -0.2) is 44.3 Å². The standard InChI is InChI=1S/C28H31Cl2N3O4S/c1-4-16-31-28(35)21(3)32(18-22-9-6-5-8-20(22)2)27(34)19-33(25-11-7-10-24(30)17-25)38(36,37)26-14-12-23(29)13-15-26/h5-15,17,21H,4,16,18-19H2,1-3H3,(H,31,35). The van der Waals surface area contributed by atoms with Crippen molar-refractivity contribution >= 4 is 50.7 Å². The molecule has 1 N–H and O–H groups in total. The third kappa shape index (κ3) is 7.28. The Morgan fingerprint density at radius 1 is 0.947 bits per heavy atom. The molecule has 0 fully saturated rings. The van der Waals surface area contributed by atoms with Crippen molar-refractivity contribution in [2.45, 2.75) is 44.7 Å². The molecule has 0 radical (unpaired) electrons. The summed E-state index contributed by atoms with van der Waals surface area (Å²) in [7, 11) is -4.19. The molecule has 0 aliphatic carbocycles. The van der Waals surface area contributed by atoms with Gasteiger partial charge in [-0.1, -0.05) is 60.5 Å². The van der Waals surface area contributed by atoms with Crippen molar-refractivity contribution in [1.29, 1.82) is 0 Å². The molecular weight excluding hydrogens is 545 g/mol. The van der Waals surface area contributed by atoms with E-state index < -0.39 is 28.5 Å². The second-order valence-corrected chi connectivity index (χ2v) is 11.6. The summed E-state index contributed by atoms with van der Waals surface area (Å²) in [5.74, 6) is -0.853. The number of carbonyl (C=O) groups excluding carboxylic acids is 2. The zero-order chi connectivity index (χ0) is 27.9. The number of benzene rings is 3. The monoisotopic (exact) mass is 575 g/mol. The van der Waals surface area contributed by atoms with Crippen LogP contribution >= 0.6 is 23.2 Å². The topological polar surface area (TPSA) is 86.8 Å². The molecule has 0 saturated heterocycles. The maximum Gasteiger partial charge on any atom is 0.264 e. The van der Waals surface area contributed by atoms with Crippen molar-refractivity contribution in [3.8, 4) is 0 Å². The highest BCUT2D eigenvalue weighted by Crippen LogP contribution is 2.27. The largest absolute Gasteiger partial charge is 0.354 e. The summed E-state index contributed by atoms with van der Waals surface area (Å²) in [6.07, 6.45) is 0.742. The minimum Gasteiger partial charge on any atom is -0.354 e. The number of carbonyl (C=O) groups is 2. The number of nitrogens with one attached hydrogen (secondary N) is 1. The highest BCUT2D eigenvalue weighted by Gasteiger charge is 2.32. The zero-order valence-corrected chi connectivity index (χ0v) is 23.9. The molecule has 7 nitrogen and oxygen atoms in total. The molecule has 3 rings (SSSR count). The molecule has 38 heavy (non-hydrogen) atoms. The minimum absolute atomic E-state index is 0.0335. The van der Waals surface area contributed by atoms with Gasteiger partial charge in [0.05, 0.1) is 10.6 Å². The second kappa shape index (κ2) is 13.1. The molecule has 1 unspecified atom stereocenters. The number of amides is 2. The predicted molar refractivity (Wildman–Crippen MR) is 152 cm³/mol. The lowest BCUT2D eigenvalue weighted by atomic mass is 10.1. The Kier molecular flexibility index (Phi) is 10.2. The molecule has 202 valence electrons. The summed E-state index contributed by atoms with van der Waals surface area (Å²) in [4.78, 5) is 28.1. The first-order valence-electron chi connectivity index (χ1n) is 12.2. The number of sulfonamides is 1. The van der Waals surface area contributed by atoms with Gasteiger partial charge in [-0.3, -0.25) is 13.9 Å². The number of hydrogen-bond acceptors (Lipinski definition) is 4. The highest BCUT2D eigenvalue weighted by molar-refractivity contribution is 7.92. The van der Waals surface area contributed by atoms with E-state index in [1.165, 1.54) is 35.2 Å². The first-order valence-corrected chi connectivity index (χ1v) is 14.4. The van der Waals surface area contributed by atoms with Gasteiger partial charge in [-0.05, 0) is 73.9 Å². The van der Waals surface area contributed by atoms with Crippen molar-refractivity contribution in [3.63, 3.8) is 0 Å². The lowest BCUT2D eigenvalue weighted by Gasteiger charge is -2.32. The third-order valence-corrected chi connectivity index (χ3v) is 8.37. The van der Waals surface area contributed by atoms with Gasteiger partial charge in [-0.2, -0.15) is 0 Å². The average molecular weight is 577 g/mol. The van der Waals surface area contributed by atoms with E-state index in [-0.39, 0.29) is 23.0 Å². The molecule has 0 spiro atoms. The first kappa shape index (κ1) is 29.5. The molecule has 3 aromatic rings. The highest BCUT2D eigenvalue weighted by atomic mass is 35.5. The van der Waals surface area contributed by atoms with Crippen LogP contribution in [0.4, 0.5) is 5.69 Å². The number of halogens is 2. The number of aryl methyl sites for hydroxylation is 1. The van der Waals surface area contributed by atoms with Gasteiger partial charge in [-0.25, -0.2) is 8.42 Å². The molecule has 0 bridgehead atoms. The Balaban J connectivity index is 2.03. The fourth-order valence-electron chi connectivity index (χ4n) is 3.84.